The van der Waals surface area contributed by atoms with Crippen LogP contribution in [-0.2, 0) is 10.0 Å². The van der Waals surface area contributed by atoms with Crippen LogP contribution in [0.5, 0.6) is 0 Å². The lowest BCUT2D eigenvalue weighted by atomic mass is 10.1. The Morgan fingerprint density at radius 3 is 2.53 bits per heavy atom. The summed E-state index contributed by atoms with van der Waals surface area (Å²) in [5.41, 5.74) is 2.68. The second-order valence-corrected chi connectivity index (χ2v) is 8.44. The molecule has 4 aromatic rings. The Hall–Kier alpha value is -3.77. The molecule has 0 radical (unpaired) electrons. The number of nitrogens with one attached hydrogen (secondary N) is 1. The predicted molar refractivity (Wildman–Crippen MR) is 110 cm³/mol. The van der Waals surface area contributed by atoms with Gasteiger partial charge in [-0.15, -0.1) is 0 Å². The highest BCUT2D eigenvalue weighted by molar-refractivity contribution is 7.92. The predicted octanol–water partition coefficient (Wildman–Crippen LogP) is 3.85. The quantitative estimate of drug-likeness (QED) is 0.539. The van der Waals surface area contributed by atoms with Crippen molar-refractivity contribution in [3.63, 3.8) is 0 Å². The summed E-state index contributed by atoms with van der Waals surface area (Å²) < 4.78 is 42.4. The smallest absolute Gasteiger partial charge is 0.262 e. The van der Waals surface area contributed by atoms with Crippen molar-refractivity contribution in [1.29, 1.82) is 5.26 Å². The number of aromatic nitrogens is 3. The van der Waals surface area contributed by atoms with Crippen molar-refractivity contribution in [3.8, 4) is 11.9 Å². The molecule has 0 aliphatic heterocycles. The van der Waals surface area contributed by atoms with E-state index in [4.69, 9.17) is 0 Å². The number of aryl methyl sites for hydroxylation is 2. The molecule has 2 aromatic heterocycles. The molecule has 2 aromatic carbocycles. The van der Waals surface area contributed by atoms with Crippen LogP contribution in [0.2, 0.25) is 0 Å². The fourth-order valence-corrected chi connectivity index (χ4v) is 4.22. The second-order valence-electron chi connectivity index (χ2n) is 6.76. The van der Waals surface area contributed by atoms with Gasteiger partial charge in [-0.3, -0.25) is 4.72 Å². The maximum Gasteiger partial charge on any atom is 0.263 e. The number of benzene rings is 2. The van der Waals surface area contributed by atoms with E-state index in [1.807, 2.05) is 38.1 Å². The van der Waals surface area contributed by atoms with Crippen LogP contribution < -0.4 is 4.72 Å². The standard InChI is InChI=1S/C21H16FN5O2S/c1-13-4-3-5-18-14(2)10-19(25-20(13)18)27-21(15(11-23)12-24-27)26-30(28,29)17-8-6-16(22)7-9-17/h3-10,12,26H,1-2H3. The third-order valence-electron chi connectivity index (χ3n) is 4.70. The molecule has 30 heavy (non-hydrogen) atoms. The minimum Gasteiger partial charge on any atom is -0.262 e. The van der Waals surface area contributed by atoms with Crippen LogP contribution in [0.3, 0.4) is 0 Å². The zero-order chi connectivity index (χ0) is 21.5. The molecular formula is C21H16FN5O2S. The molecule has 1 N–H and O–H groups in total. The fraction of sp³-hybridized carbons (Fsp3) is 0.0952. The molecule has 0 bridgehead atoms. The van der Waals surface area contributed by atoms with E-state index in [1.54, 1.807) is 6.07 Å². The highest BCUT2D eigenvalue weighted by Crippen LogP contribution is 2.26. The number of rotatable bonds is 4. The topological polar surface area (TPSA) is 101 Å². The molecule has 0 saturated carbocycles. The van der Waals surface area contributed by atoms with E-state index in [1.165, 1.54) is 10.9 Å². The average Bonchev–Trinajstić information content (AvgIpc) is 3.11. The summed E-state index contributed by atoms with van der Waals surface area (Å²) >= 11 is 0. The lowest BCUT2D eigenvalue weighted by molar-refractivity contribution is 0.599. The molecule has 0 spiro atoms. The van der Waals surface area contributed by atoms with Gasteiger partial charge >= 0.3 is 0 Å². The van der Waals surface area contributed by atoms with Gasteiger partial charge in [-0.2, -0.15) is 15.0 Å². The van der Waals surface area contributed by atoms with E-state index in [0.717, 1.165) is 46.3 Å². The first-order valence-corrected chi connectivity index (χ1v) is 10.4. The number of para-hydroxylation sites is 1. The summed E-state index contributed by atoms with van der Waals surface area (Å²) in [6.07, 6.45) is 1.27. The van der Waals surface area contributed by atoms with Gasteiger partial charge in [0, 0.05) is 5.39 Å². The molecular weight excluding hydrogens is 405 g/mol. The summed E-state index contributed by atoms with van der Waals surface area (Å²) in [4.78, 5) is 4.50. The maximum atomic E-state index is 13.2. The van der Waals surface area contributed by atoms with Gasteiger partial charge < -0.3 is 0 Å². The zero-order valence-electron chi connectivity index (χ0n) is 16.1. The molecule has 0 saturated heterocycles. The molecule has 150 valence electrons. The van der Waals surface area contributed by atoms with Crippen LogP contribution in [0.1, 0.15) is 16.7 Å². The number of nitrogens with zero attached hydrogens (tertiary/aromatic N) is 4. The van der Waals surface area contributed by atoms with E-state index in [2.05, 4.69) is 14.8 Å². The Morgan fingerprint density at radius 1 is 1.10 bits per heavy atom. The number of sulfonamides is 1. The summed E-state index contributed by atoms with van der Waals surface area (Å²) in [5, 5.41) is 14.6. The minimum atomic E-state index is -4.08. The summed E-state index contributed by atoms with van der Waals surface area (Å²) in [6.45, 7) is 3.85. The lowest BCUT2D eigenvalue weighted by Crippen LogP contribution is -2.17. The van der Waals surface area contributed by atoms with Gasteiger partial charge in [0.05, 0.1) is 16.6 Å². The Balaban J connectivity index is 1.86. The van der Waals surface area contributed by atoms with Crippen molar-refractivity contribution in [1.82, 2.24) is 14.8 Å². The zero-order valence-corrected chi connectivity index (χ0v) is 16.9. The van der Waals surface area contributed by atoms with Crippen LogP contribution in [0.4, 0.5) is 10.2 Å². The summed E-state index contributed by atoms with van der Waals surface area (Å²) in [7, 11) is -4.08. The Labute approximate surface area is 172 Å². The highest BCUT2D eigenvalue weighted by Gasteiger charge is 2.22. The number of pyridine rings is 1. The normalized spacial score (nSPS) is 11.4. The molecule has 0 unspecified atom stereocenters. The molecule has 0 fully saturated rings. The Bertz CT molecular complexity index is 1420. The fourth-order valence-electron chi connectivity index (χ4n) is 3.15. The second kappa shape index (κ2) is 7.24. The molecule has 4 rings (SSSR count). The Morgan fingerprint density at radius 2 is 1.83 bits per heavy atom. The first kappa shape index (κ1) is 19.5. The number of fused-ring (bicyclic) bond motifs is 1. The van der Waals surface area contributed by atoms with Crippen molar-refractivity contribution < 1.29 is 12.8 Å². The van der Waals surface area contributed by atoms with Crippen molar-refractivity contribution in [3.05, 3.63) is 77.2 Å². The summed E-state index contributed by atoms with van der Waals surface area (Å²) in [6, 6.07) is 13.9. The number of halogens is 1. The van der Waals surface area contributed by atoms with E-state index in [0.29, 0.717) is 5.82 Å². The first-order valence-electron chi connectivity index (χ1n) is 8.94. The van der Waals surface area contributed by atoms with Gasteiger partial charge in [-0.25, -0.2) is 17.8 Å². The number of nitriles is 1. The van der Waals surface area contributed by atoms with Crippen molar-refractivity contribution >= 4 is 26.7 Å². The van der Waals surface area contributed by atoms with Gasteiger partial charge in [-0.05, 0) is 55.3 Å². The molecule has 0 aliphatic carbocycles. The molecule has 9 heteroatoms. The van der Waals surface area contributed by atoms with Gasteiger partial charge in [0.25, 0.3) is 10.0 Å². The molecule has 0 amide bonds. The van der Waals surface area contributed by atoms with Crippen LogP contribution >= 0.6 is 0 Å². The monoisotopic (exact) mass is 421 g/mol. The van der Waals surface area contributed by atoms with Crippen molar-refractivity contribution in [2.45, 2.75) is 18.7 Å². The van der Waals surface area contributed by atoms with Crippen LogP contribution in [0.25, 0.3) is 16.7 Å². The maximum absolute atomic E-state index is 13.2. The third kappa shape index (κ3) is 3.38. The van der Waals surface area contributed by atoms with Gasteiger partial charge in [0.2, 0.25) is 0 Å². The first-order chi connectivity index (χ1) is 14.3. The Kier molecular flexibility index (Phi) is 4.72. The van der Waals surface area contributed by atoms with Crippen molar-refractivity contribution in [2.75, 3.05) is 4.72 Å². The van der Waals surface area contributed by atoms with Crippen LogP contribution in [0, 0.1) is 31.0 Å². The third-order valence-corrected chi connectivity index (χ3v) is 6.05. The van der Waals surface area contributed by atoms with Crippen LogP contribution in [-0.4, -0.2) is 23.2 Å². The SMILES string of the molecule is Cc1cc(-n2ncc(C#N)c2NS(=O)(=O)c2ccc(F)cc2)nc2c(C)cccc12. The van der Waals surface area contributed by atoms with E-state index in [9.17, 15) is 18.1 Å². The summed E-state index contributed by atoms with van der Waals surface area (Å²) in [5.74, 6) is -0.225. The lowest BCUT2D eigenvalue weighted by Gasteiger charge is -2.13. The molecule has 0 atom stereocenters. The molecule has 7 nitrogen and oxygen atoms in total. The highest BCUT2D eigenvalue weighted by atomic mass is 32.2. The van der Waals surface area contributed by atoms with Gasteiger partial charge in [0.15, 0.2) is 11.6 Å². The van der Waals surface area contributed by atoms with E-state index in [-0.39, 0.29) is 16.3 Å². The van der Waals surface area contributed by atoms with Gasteiger partial charge in [0.1, 0.15) is 17.4 Å². The minimum absolute atomic E-state index is 0.0324. The van der Waals surface area contributed by atoms with Crippen molar-refractivity contribution in [2.24, 2.45) is 0 Å². The number of anilines is 1. The molecule has 0 aliphatic rings. The average molecular weight is 421 g/mol. The molecule has 2 heterocycles. The van der Waals surface area contributed by atoms with E-state index < -0.39 is 15.8 Å². The van der Waals surface area contributed by atoms with Crippen LogP contribution in [0.15, 0.2) is 59.6 Å². The number of hydrogen-bond donors (Lipinski definition) is 1. The number of hydrogen-bond acceptors (Lipinski definition) is 5. The van der Waals surface area contributed by atoms with Gasteiger partial charge in [-0.1, -0.05) is 18.2 Å². The largest absolute Gasteiger partial charge is 0.263 e. The van der Waals surface area contributed by atoms with E-state index >= 15 is 0 Å².